The van der Waals surface area contributed by atoms with Gasteiger partial charge in [0.2, 0.25) is 0 Å². The first-order valence-corrected chi connectivity index (χ1v) is 10.6. The zero-order valence-corrected chi connectivity index (χ0v) is 13.6. The summed E-state index contributed by atoms with van der Waals surface area (Å²) in [7, 11) is -1.30. The van der Waals surface area contributed by atoms with Crippen LogP contribution in [0.3, 0.4) is 0 Å². The summed E-state index contributed by atoms with van der Waals surface area (Å²) in [5.41, 5.74) is 0. The van der Waals surface area contributed by atoms with Crippen molar-refractivity contribution in [1.82, 2.24) is 0 Å². The summed E-state index contributed by atoms with van der Waals surface area (Å²) < 4.78 is 0. The minimum atomic E-state index is -1.30. The maximum Gasteiger partial charge on any atom is 0.303 e. The molecule has 0 amide bonds. The minimum absolute atomic E-state index is 0.406. The molecule has 0 fully saturated rings. The summed E-state index contributed by atoms with van der Waals surface area (Å²) in [5.74, 6) is -0.601. The number of carboxylic acid groups (broad SMARTS) is 1. The van der Waals surface area contributed by atoms with Crippen molar-refractivity contribution in [3.05, 3.63) is 0 Å². The Balaban J connectivity index is 4.55. The summed E-state index contributed by atoms with van der Waals surface area (Å²) in [6.45, 7) is 6.74. The molecule has 0 aliphatic rings. The fourth-order valence-corrected chi connectivity index (χ4v) is 8.33. The molecule has 0 spiro atoms. The van der Waals surface area contributed by atoms with Gasteiger partial charge in [-0.3, -0.25) is 4.79 Å². The van der Waals surface area contributed by atoms with Crippen LogP contribution in [0.25, 0.3) is 0 Å². The third-order valence-electron chi connectivity index (χ3n) is 4.05. The molecular formula is C15H32O2Si. The van der Waals surface area contributed by atoms with Crippen LogP contribution in [0.2, 0.25) is 24.2 Å². The minimum Gasteiger partial charge on any atom is -0.481 e. The highest BCUT2D eigenvalue weighted by molar-refractivity contribution is 6.80. The van der Waals surface area contributed by atoms with Crippen molar-refractivity contribution in [1.29, 1.82) is 0 Å². The van der Waals surface area contributed by atoms with E-state index in [9.17, 15) is 4.79 Å². The molecule has 0 bridgehead atoms. The second kappa shape index (κ2) is 10.6. The Morgan fingerprint density at radius 3 is 1.50 bits per heavy atom. The lowest BCUT2D eigenvalue weighted by Crippen LogP contribution is -2.34. The molecule has 0 aromatic heterocycles. The van der Waals surface area contributed by atoms with Crippen LogP contribution in [-0.2, 0) is 4.79 Å². The molecule has 0 aromatic carbocycles. The van der Waals surface area contributed by atoms with Crippen molar-refractivity contribution in [2.45, 2.75) is 89.9 Å². The Kier molecular flexibility index (Phi) is 10.4. The molecule has 0 saturated carbocycles. The Hall–Kier alpha value is -0.313. The number of carbonyl (C=O) groups is 1. The van der Waals surface area contributed by atoms with E-state index < -0.39 is 14.0 Å². The molecular weight excluding hydrogens is 240 g/mol. The average Bonchev–Trinajstić information content (AvgIpc) is 2.37. The summed E-state index contributed by atoms with van der Waals surface area (Å²) in [6, 6.07) is 5.09. The van der Waals surface area contributed by atoms with Gasteiger partial charge in [-0.2, -0.15) is 0 Å². The Morgan fingerprint density at radius 2 is 1.22 bits per heavy atom. The molecule has 2 nitrogen and oxygen atoms in total. The van der Waals surface area contributed by atoms with Crippen molar-refractivity contribution in [2.24, 2.45) is 0 Å². The summed E-state index contributed by atoms with van der Waals surface area (Å²) in [6.07, 6.45) is 8.07. The van der Waals surface area contributed by atoms with Gasteiger partial charge in [0.1, 0.15) is 0 Å². The van der Waals surface area contributed by atoms with Gasteiger partial charge in [-0.05, 0) is 6.04 Å². The fourth-order valence-electron chi connectivity index (χ4n) is 2.78. The second-order valence-electron chi connectivity index (χ2n) is 5.70. The van der Waals surface area contributed by atoms with Gasteiger partial charge in [0.15, 0.2) is 0 Å². The predicted molar refractivity (Wildman–Crippen MR) is 82.0 cm³/mol. The lowest BCUT2D eigenvalue weighted by Gasteiger charge is -2.32. The topological polar surface area (TPSA) is 37.3 Å². The zero-order valence-electron chi connectivity index (χ0n) is 12.6. The number of hydrogen-bond acceptors (Lipinski definition) is 1. The van der Waals surface area contributed by atoms with Crippen molar-refractivity contribution >= 4 is 14.0 Å². The lowest BCUT2D eigenvalue weighted by molar-refractivity contribution is -0.136. The number of carboxylic acids is 1. The molecule has 108 valence electrons. The molecule has 0 aromatic rings. The maximum absolute atomic E-state index is 10.9. The van der Waals surface area contributed by atoms with Crippen LogP contribution in [-0.4, -0.2) is 19.1 Å². The first-order valence-electron chi connectivity index (χ1n) is 7.82. The van der Waals surface area contributed by atoms with E-state index in [4.69, 9.17) is 5.11 Å². The van der Waals surface area contributed by atoms with Gasteiger partial charge in [-0.1, -0.05) is 77.4 Å². The molecule has 0 atom stereocenters. The highest BCUT2D eigenvalue weighted by atomic mass is 28.3. The molecule has 0 aliphatic carbocycles. The van der Waals surface area contributed by atoms with Gasteiger partial charge < -0.3 is 5.11 Å². The smallest absolute Gasteiger partial charge is 0.303 e. The monoisotopic (exact) mass is 272 g/mol. The van der Waals surface area contributed by atoms with Gasteiger partial charge in [0.05, 0.1) is 8.07 Å². The molecule has 3 heteroatoms. The molecule has 0 saturated heterocycles. The van der Waals surface area contributed by atoms with Gasteiger partial charge >= 0.3 is 5.97 Å². The number of unbranched alkanes of at least 4 members (excludes halogenated alkanes) is 3. The number of aliphatic carboxylic acids is 1. The number of rotatable bonds is 12. The SMILES string of the molecule is CCCC[Si](CCCC)(CCCC)CCC(=O)O. The van der Waals surface area contributed by atoms with Crippen LogP contribution in [0, 0.1) is 0 Å². The van der Waals surface area contributed by atoms with Crippen LogP contribution in [0.5, 0.6) is 0 Å². The third-order valence-corrected chi connectivity index (χ3v) is 9.60. The quantitative estimate of drug-likeness (QED) is 0.489. The van der Waals surface area contributed by atoms with Crippen molar-refractivity contribution < 1.29 is 9.90 Å². The van der Waals surface area contributed by atoms with E-state index in [-0.39, 0.29) is 0 Å². The van der Waals surface area contributed by atoms with Gasteiger partial charge in [0, 0.05) is 6.42 Å². The standard InChI is InChI=1S/C15H32O2Si/c1-4-7-11-18(12-8-5-2,13-9-6-3)14-10-15(16)17/h4-14H2,1-3H3,(H,16,17). The molecule has 0 unspecified atom stereocenters. The Bertz CT molecular complexity index is 195. The summed E-state index contributed by atoms with van der Waals surface area (Å²) >= 11 is 0. The van der Waals surface area contributed by atoms with Gasteiger partial charge in [-0.25, -0.2) is 0 Å². The van der Waals surface area contributed by atoms with E-state index in [0.717, 1.165) is 6.04 Å². The maximum atomic E-state index is 10.9. The van der Waals surface area contributed by atoms with E-state index in [2.05, 4.69) is 20.8 Å². The largest absolute Gasteiger partial charge is 0.481 e. The van der Waals surface area contributed by atoms with Crippen LogP contribution in [0.1, 0.15) is 65.7 Å². The van der Waals surface area contributed by atoms with Crippen LogP contribution >= 0.6 is 0 Å². The number of hydrogen-bond donors (Lipinski definition) is 1. The van der Waals surface area contributed by atoms with Crippen molar-refractivity contribution in [3.63, 3.8) is 0 Å². The van der Waals surface area contributed by atoms with Gasteiger partial charge in [0.25, 0.3) is 0 Å². The molecule has 0 radical (unpaired) electrons. The zero-order chi connectivity index (χ0) is 13.9. The van der Waals surface area contributed by atoms with E-state index in [1.165, 1.54) is 56.7 Å². The van der Waals surface area contributed by atoms with Crippen molar-refractivity contribution in [3.8, 4) is 0 Å². The highest BCUT2D eigenvalue weighted by Gasteiger charge is 2.31. The summed E-state index contributed by atoms with van der Waals surface area (Å²) in [4.78, 5) is 10.9. The Labute approximate surface area is 114 Å². The van der Waals surface area contributed by atoms with E-state index in [1.54, 1.807) is 0 Å². The molecule has 1 N–H and O–H groups in total. The molecule has 0 aliphatic heterocycles. The molecule has 0 rings (SSSR count). The van der Waals surface area contributed by atoms with Crippen LogP contribution in [0.15, 0.2) is 0 Å². The van der Waals surface area contributed by atoms with E-state index in [0.29, 0.717) is 6.42 Å². The van der Waals surface area contributed by atoms with Crippen LogP contribution < -0.4 is 0 Å². The molecule has 18 heavy (non-hydrogen) atoms. The normalized spacial score (nSPS) is 11.7. The van der Waals surface area contributed by atoms with Crippen molar-refractivity contribution in [2.75, 3.05) is 0 Å². The van der Waals surface area contributed by atoms with Crippen LogP contribution in [0.4, 0.5) is 0 Å². The van der Waals surface area contributed by atoms with E-state index in [1.807, 2.05) is 0 Å². The lowest BCUT2D eigenvalue weighted by atomic mass is 10.4. The first kappa shape index (κ1) is 17.7. The highest BCUT2D eigenvalue weighted by Crippen LogP contribution is 2.33. The first-order chi connectivity index (χ1) is 8.60. The second-order valence-corrected chi connectivity index (χ2v) is 10.7. The molecule has 0 heterocycles. The third kappa shape index (κ3) is 7.91. The Morgan fingerprint density at radius 1 is 0.833 bits per heavy atom. The fraction of sp³-hybridized carbons (Fsp3) is 0.933. The van der Waals surface area contributed by atoms with Gasteiger partial charge in [-0.15, -0.1) is 0 Å². The predicted octanol–water partition coefficient (Wildman–Crippen LogP) is 5.31. The average molecular weight is 273 g/mol. The van der Waals surface area contributed by atoms with E-state index >= 15 is 0 Å². The summed E-state index contributed by atoms with van der Waals surface area (Å²) in [5, 5.41) is 8.98.